The van der Waals surface area contributed by atoms with Crippen LogP contribution in [0.3, 0.4) is 0 Å². The van der Waals surface area contributed by atoms with Gasteiger partial charge in [0.15, 0.2) is 0 Å². The number of para-hydroxylation sites is 1. The molecular weight excluding hydrogens is 268 g/mol. The monoisotopic (exact) mass is 296 g/mol. The minimum absolute atomic E-state index is 0.0788. The SMILES string of the molecule is Cc1cccc(-c2cc(C(C)(C)C)cc(C(C)(C)C)c2)c1O. The average molecular weight is 296 g/mol. The van der Waals surface area contributed by atoms with Gasteiger partial charge in [0.25, 0.3) is 0 Å². The summed E-state index contributed by atoms with van der Waals surface area (Å²) >= 11 is 0. The largest absolute Gasteiger partial charge is 0.507 e. The minimum atomic E-state index is 0.0788. The normalized spacial score (nSPS) is 12.5. The second-order valence-corrected chi connectivity index (χ2v) is 8.27. The van der Waals surface area contributed by atoms with Gasteiger partial charge in [-0.3, -0.25) is 0 Å². The summed E-state index contributed by atoms with van der Waals surface area (Å²) in [5.74, 6) is 0.383. The highest BCUT2D eigenvalue weighted by Crippen LogP contribution is 2.37. The van der Waals surface area contributed by atoms with Crippen molar-refractivity contribution in [1.29, 1.82) is 0 Å². The van der Waals surface area contributed by atoms with Crippen LogP contribution in [0, 0.1) is 6.92 Å². The Balaban J connectivity index is 2.73. The standard InChI is InChI=1S/C21H28O/c1-14-9-8-10-18(19(14)22)15-11-16(20(2,3)4)13-17(12-15)21(5,6)7/h8-13,22H,1-7H3. The first-order valence-electron chi connectivity index (χ1n) is 7.95. The summed E-state index contributed by atoms with van der Waals surface area (Å²) in [7, 11) is 0. The molecule has 22 heavy (non-hydrogen) atoms. The van der Waals surface area contributed by atoms with Crippen molar-refractivity contribution < 1.29 is 5.11 Å². The molecule has 0 aliphatic rings. The minimum Gasteiger partial charge on any atom is -0.507 e. The van der Waals surface area contributed by atoms with Gasteiger partial charge in [0.2, 0.25) is 0 Å². The lowest BCUT2D eigenvalue weighted by Crippen LogP contribution is -2.16. The zero-order chi connectivity index (χ0) is 16.7. The number of aromatic hydroxyl groups is 1. The lowest BCUT2D eigenvalue weighted by atomic mass is 9.79. The molecule has 0 aliphatic heterocycles. The molecule has 0 radical (unpaired) electrons. The first-order chi connectivity index (χ1) is 10.00. The van der Waals surface area contributed by atoms with Gasteiger partial charge in [-0.1, -0.05) is 77.9 Å². The molecule has 0 fully saturated rings. The number of benzene rings is 2. The number of hydrogen-bond acceptors (Lipinski definition) is 1. The van der Waals surface area contributed by atoms with Crippen LogP contribution in [-0.2, 0) is 10.8 Å². The number of phenolic OH excluding ortho intramolecular Hbond substituents is 1. The summed E-state index contributed by atoms with van der Waals surface area (Å²) in [4.78, 5) is 0. The molecule has 0 aliphatic carbocycles. The van der Waals surface area contributed by atoms with Gasteiger partial charge in [0.1, 0.15) is 5.75 Å². The molecule has 2 aromatic rings. The zero-order valence-corrected chi connectivity index (χ0v) is 14.9. The molecular formula is C21H28O. The van der Waals surface area contributed by atoms with Gasteiger partial charge >= 0.3 is 0 Å². The Bertz CT molecular complexity index is 650. The van der Waals surface area contributed by atoms with Gasteiger partial charge in [0, 0.05) is 5.56 Å². The van der Waals surface area contributed by atoms with E-state index in [0.717, 1.165) is 16.7 Å². The summed E-state index contributed by atoms with van der Waals surface area (Å²) in [6, 6.07) is 12.7. The number of phenols is 1. The maximum Gasteiger partial charge on any atom is 0.126 e. The van der Waals surface area contributed by atoms with Crippen LogP contribution in [0.4, 0.5) is 0 Å². The van der Waals surface area contributed by atoms with Crippen molar-refractivity contribution in [2.45, 2.75) is 59.3 Å². The lowest BCUT2D eigenvalue weighted by Gasteiger charge is -2.26. The van der Waals surface area contributed by atoms with Crippen LogP contribution in [0.5, 0.6) is 5.75 Å². The number of aryl methyl sites for hydroxylation is 1. The molecule has 0 saturated carbocycles. The first-order valence-corrected chi connectivity index (χ1v) is 7.95. The molecule has 1 N–H and O–H groups in total. The van der Waals surface area contributed by atoms with E-state index in [4.69, 9.17) is 0 Å². The van der Waals surface area contributed by atoms with Crippen molar-refractivity contribution in [2.75, 3.05) is 0 Å². The molecule has 1 heteroatoms. The smallest absolute Gasteiger partial charge is 0.126 e. The van der Waals surface area contributed by atoms with Crippen molar-refractivity contribution in [3.63, 3.8) is 0 Å². The molecule has 118 valence electrons. The fourth-order valence-electron chi connectivity index (χ4n) is 2.54. The zero-order valence-electron chi connectivity index (χ0n) is 14.9. The molecule has 0 heterocycles. The van der Waals surface area contributed by atoms with Gasteiger partial charge in [-0.2, -0.15) is 0 Å². The Kier molecular flexibility index (Phi) is 4.12. The van der Waals surface area contributed by atoms with E-state index in [0.29, 0.717) is 5.75 Å². The third-order valence-corrected chi connectivity index (χ3v) is 4.21. The maximum absolute atomic E-state index is 10.4. The van der Waals surface area contributed by atoms with Crippen LogP contribution in [0.15, 0.2) is 36.4 Å². The molecule has 0 bridgehead atoms. The van der Waals surface area contributed by atoms with Gasteiger partial charge in [-0.05, 0) is 40.0 Å². The molecule has 0 atom stereocenters. The Labute approximate surface area is 135 Å². The summed E-state index contributed by atoms with van der Waals surface area (Å²) in [6.07, 6.45) is 0. The highest BCUT2D eigenvalue weighted by atomic mass is 16.3. The summed E-state index contributed by atoms with van der Waals surface area (Å²) in [5.41, 5.74) is 5.68. The fourth-order valence-corrected chi connectivity index (χ4v) is 2.54. The Hall–Kier alpha value is -1.76. The topological polar surface area (TPSA) is 20.2 Å². The average Bonchev–Trinajstić information content (AvgIpc) is 2.39. The van der Waals surface area contributed by atoms with E-state index in [1.807, 2.05) is 25.1 Å². The molecule has 0 spiro atoms. The van der Waals surface area contributed by atoms with Crippen LogP contribution in [0.1, 0.15) is 58.2 Å². The van der Waals surface area contributed by atoms with Gasteiger partial charge < -0.3 is 5.11 Å². The van der Waals surface area contributed by atoms with Gasteiger partial charge in [0.05, 0.1) is 0 Å². The van der Waals surface area contributed by atoms with Crippen LogP contribution >= 0.6 is 0 Å². The second-order valence-electron chi connectivity index (χ2n) is 8.27. The van der Waals surface area contributed by atoms with Gasteiger partial charge in [-0.25, -0.2) is 0 Å². The molecule has 0 aromatic heterocycles. The van der Waals surface area contributed by atoms with Crippen LogP contribution in [-0.4, -0.2) is 5.11 Å². The highest BCUT2D eigenvalue weighted by Gasteiger charge is 2.21. The van der Waals surface area contributed by atoms with E-state index in [2.05, 4.69) is 59.7 Å². The third kappa shape index (κ3) is 3.35. The number of hydrogen-bond donors (Lipinski definition) is 1. The van der Waals surface area contributed by atoms with Crippen molar-refractivity contribution in [2.24, 2.45) is 0 Å². The quantitative estimate of drug-likeness (QED) is 0.688. The Morgan fingerprint density at radius 1 is 0.773 bits per heavy atom. The van der Waals surface area contributed by atoms with E-state index in [1.165, 1.54) is 11.1 Å². The van der Waals surface area contributed by atoms with E-state index in [1.54, 1.807) is 0 Å². The molecule has 0 amide bonds. The van der Waals surface area contributed by atoms with E-state index < -0.39 is 0 Å². The third-order valence-electron chi connectivity index (χ3n) is 4.21. The van der Waals surface area contributed by atoms with Gasteiger partial charge in [-0.15, -0.1) is 0 Å². The number of rotatable bonds is 1. The van der Waals surface area contributed by atoms with E-state index in [-0.39, 0.29) is 10.8 Å². The molecule has 0 unspecified atom stereocenters. The Morgan fingerprint density at radius 3 is 1.73 bits per heavy atom. The predicted octanol–water partition coefficient (Wildman–Crippen LogP) is 5.96. The summed E-state index contributed by atoms with van der Waals surface area (Å²) in [5, 5.41) is 10.4. The second kappa shape index (κ2) is 5.46. The van der Waals surface area contributed by atoms with Crippen LogP contribution in [0.25, 0.3) is 11.1 Å². The highest BCUT2D eigenvalue weighted by molar-refractivity contribution is 5.73. The van der Waals surface area contributed by atoms with Crippen LogP contribution < -0.4 is 0 Å². The van der Waals surface area contributed by atoms with E-state index >= 15 is 0 Å². The first kappa shape index (κ1) is 16.6. The molecule has 2 aromatic carbocycles. The fraction of sp³-hybridized carbons (Fsp3) is 0.429. The molecule has 0 saturated heterocycles. The summed E-state index contributed by atoms with van der Waals surface area (Å²) in [6.45, 7) is 15.3. The maximum atomic E-state index is 10.4. The van der Waals surface area contributed by atoms with Crippen molar-refractivity contribution in [3.8, 4) is 16.9 Å². The predicted molar refractivity (Wildman–Crippen MR) is 95.7 cm³/mol. The van der Waals surface area contributed by atoms with Crippen molar-refractivity contribution in [3.05, 3.63) is 53.1 Å². The summed E-state index contributed by atoms with van der Waals surface area (Å²) < 4.78 is 0. The molecule has 2 rings (SSSR count). The lowest BCUT2D eigenvalue weighted by molar-refractivity contribution is 0.473. The van der Waals surface area contributed by atoms with Crippen molar-refractivity contribution in [1.82, 2.24) is 0 Å². The van der Waals surface area contributed by atoms with E-state index in [9.17, 15) is 5.11 Å². The Morgan fingerprint density at radius 2 is 1.27 bits per heavy atom. The van der Waals surface area contributed by atoms with Crippen molar-refractivity contribution >= 4 is 0 Å². The molecule has 1 nitrogen and oxygen atoms in total. The van der Waals surface area contributed by atoms with Crippen LogP contribution in [0.2, 0.25) is 0 Å².